The molecule has 2 N–H and O–H groups in total. The molecule has 1 heterocycles. The highest BCUT2D eigenvalue weighted by atomic mass is 16.5. The summed E-state index contributed by atoms with van der Waals surface area (Å²) in [5.41, 5.74) is 0.880. The average molecular weight is 402 g/mol. The van der Waals surface area contributed by atoms with Gasteiger partial charge in [-0.05, 0) is 59.7 Å². The molecule has 156 valence electrons. The van der Waals surface area contributed by atoms with Crippen LogP contribution in [0.2, 0.25) is 0 Å². The number of nitrogens with zero attached hydrogens (tertiary/aromatic N) is 2. The Hall–Kier alpha value is -3.23. The lowest BCUT2D eigenvalue weighted by molar-refractivity contribution is -0.127. The summed E-state index contributed by atoms with van der Waals surface area (Å²) in [5.74, 6) is -1.48. The number of nitrogens with one attached hydrogen (secondary N) is 2. The SMILES string of the molecule is CCn1c(=O)c(C)nc2cc(C(=O)OC(C)C(=O)NC(=O)NC(C)(C)C)ccc21. The first-order chi connectivity index (χ1) is 13.4. The third-order valence-electron chi connectivity index (χ3n) is 4.04. The summed E-state index contributed by atoms with van der Waals surface area (Å²) < 4.78 is 6.73. The van der Waals surface area contributed by atoms with Gasteiger partial charge in [0, 0.05) is 12.1 Å². The van der Waals surface area contributed by atoms with E-state index in [9.17, 15) is 19.2 Å². The second kappa shape index (κ2) is 8.42. The van der Waals surface area contributed by atoms with Crippen LogP contribution in [0.15, 0.2) is 23.0 Å². The Bertz CT molecular complexity index is 1020. The first-order valence-electron chi connectivity index (χ1n) is 9.28. The van der Waals surface area contributed by atoms with Crippen LogP contribution in [0, 0.1) is 6.92 Å². The zero-order valence-corrected chi connectivity index (χ0v) is 17.5. The van der Waals surface area contributed by atoms with E-state index in [0.29, 0.717) is 23.3 Å². The first-order valence-corrected chi connectivity index (χ1v) is 9.28. The monoisotopic (exact) mass is 402 g/mol. The normalized spacial score (nSPS) is 12.3. The minimum atomic E-state index is -1.18. The summed E-state index contributed by atoms with van der Waals surface area (Å²) in [7, 11) is 0. The second-order valence-corrected chi connectivity index (χ2v) is 7.69. The van der Waals surface area contributed by atoms with Crippen molar-refractivity contribution in [3.63, 3.8) is 0 Å². The maximum Gasteiger partial charge on any atom is 0.338 e. The molecule has 0 fully saturated rings. The van der Waals surface area contributed by atoms with Crippen LogP contribution >= 0.6 is 0 Å². The van der Waals surface area contributed by atoms with Crippen LogP contribution in [0.5, 0.6) is 0 Å². The van der Waals surface area contributed by atoms with Crippen molar-refractivity contribution >= 4 is 28.9 Å². The standard InChI is InChI=1S/C20H26N4O5/c1-7-24-15-9-8-13(10-14(15)21-11(2)17(24)26)18(27)29-12(3)16(25)22-19(28)23-20(4,5)6/h8-10,12H,7H2,1-6H3,(H2,22,23,25,28). The van der Waals surface area contributed by atoms with Gasteiger partial charge in [-0.2, -0.15) is 0 Å². The third kappa shape index (κ3) is 5.40. The van der Waals surface area contributed by atoms with Gasteiger partial charge in [-0.1, -0.05) is 0 Å². The Kier molecular flexibility index (Phi) is 6.41. The first kappa shape index (κ1) is 22.1. The van der Waals surface area contributed by atoms with Crippen LogP contribution < -0.4 is 16.2 Å². The number of rotatable bonds is 4. The number of carbonyl (C=O) groups is 3. The minimum absolute atomic E-state index is 0.185. The van der Waals surface area contributed by atoms with E-state index in [4.69, 9.17) is 4.74 Å². The molecule has 1 unspecified atom stereocenters. The predicted octanol–water partition coefficient (Wildman–Crippen LogP) is 1.89. The zero-order valence-electron chi connectivity index (χ0n) is 17.5. The van der Waals surface area contributed by atoms with Crippen LogP contribution in [-0.4, -0.2) is 39.1 Å². The average Bonchev–Trinajstić information content (AvgIpc) is 2.60. The number of benzene rings is 1. The van der Waals surface area contributed by atoms with Gasteiger partial charge in [-0.3, -0.25) is 14.9 Å². The van der Waals surface area contributed by atoms with E-state index < -0.39 is 29.6 Å². The highest BCUT2D eigenvalue weighted by Crippen LogP contribution is 2.15. The van der Waals surface area contributed by atoms with Gasteiger partial charge < -0.3 is 14.6 Å². The Morgan fingerprint density at radius 1 is 1.24 bits per heavy atom. The number of aryl methyl sites for hydroxylation is 2. The maximum absolute atomic E-state index is 12.4. The number of esters is 1. The maximum atomic E-state index is 12.4. The number of ether oxygens (including phenoxy) is 1. The Morgan fingerprint density at radius 3 is 2.48 bits per heavy atom. The van der Waals surface area contributed by atoms with Gasteiger partial charge in [0.05, 0.1) is 16.6 Å². The van der Waals surface area contributed by atoms with E-state index in [0.717, 1.165) is 0 Å². The summed E-state index contributed by atoms with van der Waals surface area (Å²) in [6, 6.07) is 3.95. The summed E-state index contributed by atoms with van der Waals surface area (Å²) in [6.45, 7) is 10.6. The largest absolute Gasteiger partial charge is 0.449 e. The number of fused-ring (bicyclic) bond motifs is 1. The smallest absolute Gasteiger partial charge is 0.338 e. The van der Waals surface area contributed by atoms with E-state index in [1.54, 1.807) is 38.3 Å². The van der Waals surface area contributed by atoms with Crippen molar-refractivity contribution < 1.29 is 19.1 Å². The molecule has 1 atom stereocenters. The molecule has 0 radical (unpaired) electrons. The highest BCUT2D eigenvalue weighted by molar-refractivity contribution is 5.99. The molecule has 0 spiro atoms. The molecule has 2 rings (SSSR count). The van der Waals surface area contributed by atoms with E-state index in [1.165, 1.54) is 19.1 Å². The van der Waals surface area contributed by atoms with E-state index in [-0.39, 0.29) is 11.1 Å². The molecule has 2 aromatic rings. The highest BCUT2D eigenvalue weighted by Gasteiger charge is 2.23. The molecule has 0 bridgehead atoms. The lowest BCUT2D eigenvalue weighted by Gasteiger charge is -2.21. The van der Waals surface area contributed by atoms with Crippen molar-refractivity contribution in [1.29, 1.82) is 0 Å². The molecule has 0 saturated carbocycles. The van der Waals surface area contributed by atoms with Gasteiger partial charge in [0.2, 0.25) is 0 Å². The number of urea groups is 1. The number of carbonyl (C=O) groups excluding carboxylic acids is 3. The zero-order chi connectivity index (χ0) is 21.9. The fourth-order valence-corrected chi connectivity index (χ4v) is 2.68. The van der Waals surface area contributed by atoms with Crippen LogP contribution in [-0.2, 0) is 16.1 Å². The van der Waals surface area contributed by atoms with Crippen LogP contribution in [0.25, 0.3) is 11.0 Å². The molecule has 3 amide bonds. The molecule has 0 aliphatic heterocycles. The topological polar surface area (TPSA) is 119 Å². The van der Waals surface area contributed by atoms with Gasteiger partial charge in [-0.15, -0.1) is 0 Å². The molecule has 9 heteroatoms. The quantitative estimate of drug-likeness (QED) is 0.754. The van der Waals surface area contributed by atoms with Crippen molar-refractivity contribution in [3.05, 3.63) is 39.8 Å². The molecular weight excluding hydrogens is 376 g/mol. The molecule has 0 aliphatic rings. The third-order valence-corrected chi connectivity index (χ3v) is 4.04. The van der Waals surface area contributed by atoms with E-state index in [2.05, 4.69) is 15.6 Å². The van der Waals surface area contributed by atoms with Gasteiger partial charge in [0.1, 0.15) is 5.69 Å². The van der Waals surface area contributed by atoms with Gasteiger partial charge in [0.15, 0.2) is 6.10 Å². The predicted molar refractivity (Wildman–Crippen MR) is 108 cm³/mol. The number of aromatic nitrogens is 2. The second-order valence-electron chi connectivity index (χ2n) is 7.69. The van der Waals surface area contributed by atoms with Crippen LogP contribution in [0.4, 0.5) is 4.79 Å². The molecule has 29 heavy (non-hydrogen) atoms. The molecular formula is C20H26N4O5. The van der Waals surface area contributed by atoms with Gasteiger partial charge in [0.25, 0.3) is 11.5 Å². The van der Waals surface area contributed by atoms with E-state index in [1.807, 2.05) is 6.92 Å². The van der Waals surface area contributed by atoms with Crippen molar-refractivity contribution in [2.45, 2.75) is 59.7 Å². The molecule has 0 saturated heterocycles. The van der Waals surface area contributed by atoms with Crippen molar-refractivity contribution in [2.75, 3.05) is 0 Å². The fourth-order valence-electron chi connectivity index (χ4n) is 2.68. The van der Waals surface area contributed by atoms with Crippen molar-refractivity contribution in [2.24, 2.45) is 0 Å². The Morgan fingerprint density at radius 2 is 1.90 bits per heavy atom. The number of hydrogen-bond donors (Lipinski definition) is 2. The van der Waals surface area contributed by atoms with Gasteiger partial charge >= 0.3 is 12.0 Å². The summed E-state index contributed by atoms with van der Waals surface area (Å²) in [4.78, 5) is 52.7. The number of hydrogen-bond acceptors (Lipinski definition) is 6. The van der Waals surface area contributed by atoms with Crippen molar-refractivity contribution in [1.82, 2.24) is 20.2 Å². The summed E-state index contributed by atoms with van der Waals surface area (Å²) in [5, 5.41) is 4.72. The lowest BCUT2D eigenvalue weighted by atomic mass is 10.1. The van der Waals surface area contributed by atoms with E-state index >= 15 is 0 Å². The molecule has 9 nitrogen and oxygen atoms in total. The Balaban J connectivity index is 2.15. The van der Waals surface area contributed by atoms with Crippen LogP contribution in [0.3, 0.4) is 0 Å². The van der Waals surface area contributed by atoms with Gasteiger partial charge in [-0.25, -0.2) is 14.6 Å². The molecule has 1 aromatic carbocycles. The minimum Gasteiger partial charge on any atom is -0.449 e. The number of imide groups is 1. The molecule has 1 aromatic heterocycles. The number of amides is 3. The van der Waals surface area contributed by atoms with Crippen molar-refractivity contribution in [3.8, 4) is 0 Å². The Labute approximate surface area is 168 Å². The summed E-state index contributed by atoms with van der Waals surface area (Å²) >= 11 is 0. The van der Waals surface area contributed by atoms with Crippen LogP contribution in [0.1, 0.15) is 50.7 Å². The lowest BCUT2D eigenvalue weighted by Crippen LogP contribution is -2.50. The summed E-state index contributed by atoms with van der Waals surface area (Å²) in [6.07, 6.45) is -1.18. The fraction of sp³-hybridized carbons (Fsp3) is 0.450. The molecule has 0 aliphatic carbocycles.